The number of hydrogen-bond acceptors (Lipinski definition) is 4. The number of nitrogens with one attached hydrogen (secondary N) is 3. The normalized spacial score (nSPS) is 27.4. The molecule has 2 aliphatic rings. The summed E-state index contributed by atoms with van der Waals surface area (Å²) in [6.45, 7) is 0.821. The van der Waals surface area contributed by atoms with Crippen molar-refractivity contribution in [3.05, 3.63) is 0 Å². The lowest BCUT2D eigenvalue weighted by atomic mass is 9.96. The van der Waals surface area contributed by atoms with Crippen molar-refractivity contribution >= 4 is 11.9 Å². The quantitative estimate of drug-likeness (QED) is 0.453. The molecule has 9 heteroatoms. The van der Waals surface area contributed by atoms with Gasteiger partial charge in [-0.3, -0.25) is 9.63 Å². The van der Waals surface area contributed by atoms with Gasteiger partial charge >= 0.3 is 6.03 Å². The number of rotatable bonds is 6. The van der Waals surface area contributed by atoms with Gasteiger partial charge < -0.3 is 15.5 Å². The zero-order valence-electron chi connectivity index (χ0n) is 11.1. The van der Waals surface area contributed by atoms with Gasteiger partial charge in [-0.25, -0.2) is 19.1 Å². The van der Waals surface area contributed by atoms with E-state index < -0.39 is 36.4 Å². The van der Waals surface area contributed by atoms with Gasteiger partial charge in [-0.1, -0.05) is 0 Å². The Hall–Kier alpha value is -1.48. The van der Waals surface area contributed by atoms with E-state index in [1.165, 1.54) is 0 Å². The lowest BCUT2D eigenvalue weighted by molar-refractivity contribution is -0.145. The Labute approximate surface area is 115 Å². The van der Waals surface area contributed by atoms with E-state index >= 15 is 0 Å². The molecule has 2 aliphatic heterocycles. The van der Waals surface area contributed by atoms with Gasteiger partial charge in [0.15, 0.2) is 0 Å². The molecule has 0 radical (unpaired) electrons. The number of hydrogen-bond donors (Lipinski definition) is 3. The predicted molar refractivity (Wildman–Crippen MR) is 65.0 cm³/mol. The molecule has 114 valence electrons. The maximum atomic E-state index is 13.7. The van der Waals surface area contributed by atoms with Crippen LogP contribution in [0.1, 0.15) is 12.8 Å². The lowest BCUT2D eigenvalue weighted by Gasteiger charge is -2.34. The van der Waals surface area contributed by atoms with E-state index in [-0.39, 0.29) is 13.2 Å². The topological polar surface area (TPSA) is 82.7 Å². The van der Waals surface area contributed by atoms with E-state index in [1.54, 1.807) is 7.05 Å². The van der Waals surface area contributed by atoms with E-state index in [2.05, 4.69) is 16.1 Å². The lowest BCUT2D eigenvalue weighted by Crippen LogP contribution is -2.56. The fourth-order valence-electron chi connectivity index (χ4n) is 2.32. The average Bonchev–Trinajstić information content (AvgIpc) is 2.74. The number of carbonyl (C=O) groups is 2. The minimum absolute atomic E-state index is 0.163. The smallest absolute Gasteiger partial charge is 0.318 e. The van der Waals surface area contributed by atoms with E-state index in [0.29, 0.717) is 13.0 Å². The monoisotopic (exact) mass is 292 g/mol. The first-order valence-electron chi connectivity index (χ1n) is 6.47. The second-order valence-electron chi connectivity index (χ2n) is 4.91. The third-order valence-corrected chi connectivity index (χ3v) is 3.44. The molecule has 3 amide bonds. The zero-order valence-corrected chi connectivity index (χ0v) is 11.1. The highest BCUT2D eigenvalue weighted by Gasteiger charge is 2.56. The number of amides is 3. The molecule has 2 atom stereocenters. The van der Waals surface area contributed by atoms with Gasteiger partial charge in [-0.2, -0.15) is 0 Å². The number of urea groups is 1. The first-order chi connectivity index (χ1) is 9.45. The van der Waals surface area contributed by atoms with E-state index in [0.717, 1.165) is 4.90 Å². The molecule has 0 aliphatic carbocycles. The van der Waals surface area contributed by atoms with Crippen LogP contribution in [-0.4, -0.2) is 61.6 Å². The van der Waals surface area contributed by atoms with E-state index in [4.69, 9.17) is 4.84 Å². The average molecular weight is 292 g/mol. The van der Waals surface area contributed by atoms with Crippen LogP contribution in [0.25, 0.3) is 0 Å². The number of alkyl halides is 2. The Morgan fingerprint density at radius 2 is 2.35 bits per heavy atom. The molecular weight excluding hydrogens is 274 g/mol. The van der Waals surface area contributed by atoms with Crippen molar-refractivity contribution in [2.24, 2.45) is 0 Å². The molecule has 0 aromatic rings. The van der Waals surface area contributed by atoms with Crippen LogP contribution < -0.4 is 16.1 Å². The Morgan fingerprint density at radius 1 is 1.60 bits per heavy atom. The molecule has 2 heterocycles. The van der Waals surface area contributed by atoms with Crippen molar-refractivity contribution in [1.82, 2.24) is 21.0 Å². The number of nitrogens with zero attached hydrogens (tertiary/aromatic N) is 1. The van der Waals surface area contributed by atoms with Gasteiger partial charge in [0.25, 0.3) is 11.8 Å². The molecule has 2 rings (SSSR count). The van der Waals surface area contributed by atoms with Crippen molar-refractivity contribution in [1.29, 1.82) is 0 Å². The first-order valence-corrected chi connectivity index (χ1v) is 6.47. The summed E-state index contributed by atoms with van der Waals surface area (Å²) in [5.74, 6) is -3.80. The summed E-state index contributed by atoms with van der Waals surface area (Å²) in [5.41, 5.74) is 2.13. The minimum Gasteiger partial charge on any atom is -0.327 e. The molecule has 20 heavy (non-hydrogen) atoms. The van der Waals surface area contributed by atoms with Crippen LogP contribution in [-0.2, 0) is 9.63 Å². The van der Waals surface area contributed by atoms with E-state index in [9.17, 15) is 18.4 Å². The molecule has 2 unspecified atom stereocenters. The zero-order chi connectivity index (χ0) is 14.8. The van der Waals surface area contributed by atoms with Crippen LogP contribution in [0.2, 0.25) is 0 Å². The molecule has 2 fully saturated rings. The van der Waals surface area contributed by atoms with E-state index in [1.807, 2.05) is 0 Å². The molecule has 0 saturated carbocycles. The molecular formula is C11H18F2N4O3. The largest absolute Gasteiger partial charge is 0.327 e. The van der Waals surface area contributed by atoms with Crippen LogP contribution in [0.15, 0.2) is 0 Å². The fourth-order valence-corrected chi connectivity index (χ4v) is 2.32. The van der Waals surface area contributed by atoms with Gasteiger partial charge in [0.05, 0.1) is 6.61 Å². The van der Waals surface area contributed by atoms with Crippen molar-refractivity contribution < 1.29 is 23.2 Å². The summed E-state index contributed by atoms with van der Waals surface area (Å²) in [4.78, 5) is 29.4. The highest BCUT2D eigenvalue weighted by molar-refractivity contribution is 5.88. The molecule has 2 saturated heterocycles. The highest BCUT2D eigenvalue weighted by Crippen LogP contribution is 2.35. The Morgan fingerprint density at radius 3 is 3.05 bits per heavy atom. The van der Waals surface area contributed by atoms with Crippen molar-refractivity contribution in [2.75, 3.05) is 26.7 Å². The summed E-state index contributed by atoms with van der Waals surface area (Å²) in [5, 5.41) is 5.09. The molecule has 3 N–H and O–H groups in total. The predicted octanol–water partition coefficient (Wildman–Crippen LogP) is -0.555. The maximum absolute atomic E-state index is 13.7. The fraction of sp³-hybridized carbons (Fsp3) is 0.818. The second kappa shape index (κ2) is 5.88. The van der Waals surface area contributed by atoms with Crippen LogP contribution in [0.3, 0.4) is 0 Å². The number of fused-ring (bicyclic) bond motifs is 2. The minimum atomic E-state index is -3.09. The number of halogens is 2. The van der Waals surface area contributed by atoms with Crippen molar-refractivity contribution in [3.8, 4) is 0 Å². The SMILES string of the molecule is CNCCCONC(=O)C1CC(F)(F)C2CN1C(=O)N2. The summed E-state index contributed by atoms with van der Waals surface area (Å²) >= 11 is 0. The van der Waals surface area contributed by atoms with Crippen LogP contribution in [0.5, 0.6) is 0 Å². The number of piperidine rings is 1. The molecule has 2 bridgehead atoms. The third-order valence-electron chi connectivity index (χ3n) is 3.44. The van der Waals surface area contributed by atoms with Crippen LogP contribution in [0, 0.1) is 0 Å². The van der Waals surface area contributed by atoms with Gasteiger partial charge in [0, 0.05) is 13.0 Å². The highest BCUT2D eigenvalue weighted by atomic mass is 19.3. The summed E-state index contributed by atoms with van der Waals surface area (Å²) in [6, 6.07) is -3.05. The van der Waals surface area contributed by atoms with Crippen LogP contribution in [0.4, 0.5) is 13.6 Å². The van der Waals surface area contributed by atoms with Gasteiger partial charge in [-0.15, -0.1) is 0 Å². The summed E-state index contributed by atoms with van der Waals surface area (Å²) < 4.78 is 27.4. The molecule has 0 aromatic heterocycles. The first kappa shape index (κ1) is 14.9. The van der Waals surface area contributed by atoms with Gasteiger partial charge in [0.2, 0.25) is 0 Å². The molecule has 0 spiro atoms. The molecule has 7 nitrogen and oxygen atoms in total. The van der Waals surface area contributed by atoms with Crippen molar-refractivity contribution in [2.45, 2.75) is 30.8 Å². The summed E-state index contributed by atoms with van der Waals surface area (Å²) in [7, 11) is 1.78. The Bertz CT molecular complexity index is 394. The standard InChI is InChI=1S/C11H18F2N4O3/c1-14-3-2-4-20-16-9(18)7-5-11(12,13)8-6-17(7)10(19)15-8/h7-8,14H,2-6H2,1H3,(H,15,19)(H,16,18). The molecule has 0 aromatic carbocycles. The second-order valence-corrected chi connectivity index (χ2v) is 4.91. The number of carbonyl (C=O) groups excluding carboxylic acids is 2. The third kappa shape index (κ3) is 2.98. The Kier molecular flexibility index (Phi) is 4.39. The van der Waals surface area contributed by atoms with Crippen molar-refractivity contribution in [3.63, 3.8) is 0 Å². The maximum Gasteiger partial charge on any atom is 0.318 e. The number of hydroxylamine groups is 1. The van der Waals surface area contributed by atoms with Crippen LogP contribution >= 0.6 is 0 Å². The Balaban J connectivity index is 1.87. The van der Waals surface area contributed by atoms with Gasteiger partial charge in [-0.05, 0) is 20.0 Å². The summed E-state index contributed by atoms with van der Waals surface area (Å²) in [6.07, 6.45) is -0.0218. The van der Waals surface area contributed by atoms with Gasteiger partial charge in [0.1, 0.15) is 12.1 Å².